The first kappa shape index (κ1) is 16.8. The lowest BCUT2D eigenvalue weighted by molar-refractivity contribution is -0.131. The van der Waals surface area contributed by atoms with E-state index in [0.29, 0.717) is 24.0 Å². The second-order valence-corrected chi connectivity index (χ2v) is 7.73. The molecule has 1 amide bonds. The number of fused-ring (bicyclic) bond motifs is 1. The van der Waals surface area contributed by atoms with E-state index in [1.807, 2.05) is 0 Å². The third kappa shape index (κ3) is 3.26. The van der Waals surface area contributed by atoms with Crippen LogP contribution in [-0.2, 0) is 14.8 Å². The number of carbonyl (C=O) groups excluding carboxylic acids is 1. The second kappa shape index (κ2) is 6.84. The van der Waals surface area contributed by atoms with Crippen molar-refractivity contribution in [3.8, 4) is 0 Å². The van der Waals surface area contributed by atoms with E-state index < -0.39 is 10.0 Å². The number of piperazine rings is 1. The third-order valence-corrected chi connectivity index (χ3v) is 5.98. The summed E-state index contributed by atoms with van der Waals surface area (Å²) in [4.78, 5) is 18.4. The highest BCUT2D eigenvalue weighted by molar-refractivity contribution is 7.89. The second-order valence-electron chi connectivity index (χ2n) is 5.72. The summed E-state index contributed by atoms with van der Waals surface area (Å²) in [5.74, 6) is -0.180. The van der Waals surface area contributed by atoms with Crippen LogP contribution >= 0.6 is 0 Å². The molecule has 0 atom stereocenters. The van der Waals surface area contributed by atoms with Crippen LogP contribution in [0.5, 0.6) is 0 Å². The molecule has 2 heterocycles. The Hall–Kier alpha value is -2.03. The molecule has 7 nitrogen and oxygen atoms in total. The van der Waals surface area contributed by atoms with Crippen molar-refractivity contribution >= 4 is 26.8 Å². The van der Waals surface area contributed by atoms with Crippen molar-refractivity contribution in [3.63, 3.8) is 0 Å². The Bertz CT molecular complexity index is 842. The molecule has 0 aliphatic carbocycles. The summed E-state index contributed by atoms with van der Waals surface area (Å²) in [6, 6.07) is 8.40. The van der Waals surface area contributed by atoms with Crippen LogP contribution in [0.1, 0.15) is 0 Å². The number of likely N-dealkylation sites (N-methyl/N-ethyl adjacent to an activating group) is 1. The van der Waals surface area contributed by atoms with Crippen LogP contribution in [0.3, 0.4) is 0 Å². The van der Waals surface area contributed by atoms with Gasteiger partial charge in [-0.15, -0.1) is 0 Å². The van der Waals surface area contributed by atoms with Crippen molar-refractivity contribution < 1.29 is 13.2 Å². The molecule has 0 spiro atoms. The molecule has 0 bridgehead atoms. The summed E-state index contributed by atoms with van der Waals surface area (Å²) < 4.78 is 26.9. The van der Waals surface area contributed by atoms with E-state index in [-0.39, 0.29) is 17.3 Å². The van der Waals surface area contributed by atoms with Gasteiger partial charge in [0.05, 0.1) is 17.0 Å². The lowest BCUT2D eigenvalue weighted by Crippen LogP contribution is -2.49. The number of benzene rings is 1. The monoisotopic (exact) mass is 348 g/mol. The first-order valence-electron chi connectivity index (χ1n) is 7.79. The van der Waals surface area contributed by atoms with Crippen molar-refractivity contribution in [2.24, 2.45) is 0 Å². The van der Waals surface area contributed by atoms with Gasteiger partial charge in [0.15, 0.2) is 0 Å². The molecular formula is C16H20N4O3S. The third-order valence-electron chi connectivity index (χ3n) is 4.12. The first-order chi connectivity index (χ1) is 11.5. The van der Waals surface area contributed by atoms with Crippen LogP contribution in [0.4, 0.5) is 0 Å². The van der Waals surface area contributed by atoms with Gasteiger partial charge in [-0.05, 0) is 24.3 Å². The summed E-state index contributed by atoms with van der Waals surface area (Å²) in [5, 5.41) is 3.72. The lowest BCUT2D eigenvalue weighted by Gasteiger charge is -2.29. The SMILES string of the molecule is CN(CC(=O)N1CCNCC1)S(=O)(=O)c1cccc2ncccc12. The molecule has 128 valence electrons. The number of nitrogens with one attached hydrogen (secondary N) is 1. The fourth-order valence-electron chi connectivity index (χ4n) is 2.76. The Morgan fingerprint density at radius 1 is 1.25 bits per heavy atom. The van der Waals surface area contributed by atoms with Gasteiger partial charge in [0.25, 0.3) is 0 Å². The predicted molar refractivity (Wildman–Crippen MR) is 91.0 cm³/mol. The van der Waals surface area contributed by atoms with E-state index in [0.717, 1.165) is 17.4 Å². The molecule has 0 unspecified atom stereocenters. The number of hydrogen-bond donors (Lipinski definition) is 1. The smallest absolute Gasteiger partial charge is 0.243 e. The number of sulfonamides is 1. The van der Waals surface area contributed by atoms with Gasteiger partial charge < -0.3 is 10.2 Å². The molecule has 0 saturated carbocycles. The largest absolute Gasteiger partial charge is 0.339 e. The number of pyridine rings is 1. The molecule has 1 N–H and O–H groups in total. The summed E-state index contributed by atoms with van der Waals surface area (Å²) in [6.45, 7) is 2.50. The van der Waals surface area contributed by atoms with Gasteiger partial charge in [-0.25, -0.2) is 8.42 Å². The molecule has 0 radical (unpaired) electrons. The molecule has 1 fully saturated rings. The Morgan fingerprint density at radius 2 is 2.00 bits per heavy atom. The molecule has 3 rings (SSSR count). The van der Waals surface area contributed by atoms with E-state index in [1.54, 1.807) is 41.4 Å². The predicted octanol–water partition coefficient (Wildman–Crippen LogP) is 0.287. The van der Waals surface area contributed by atoms with Crippen LogP contribution in [0.25, 0.3) is 10.9 Å². The standard InChI is InChI=1S/C16H20N4O3S/c1-19(12-16(21)20-10-8-17-9-11-20)24(22,23)15-6-2-5-14-13(15)4-3-7-18-14/h2-7,17H,8-12H2,1H3. The highest BCUT2D eigenvalue weighted by Gasteiger charge is 2.27. The zero-order valence-corrected chi connectivity index (χ0v) is 14.3. The van der Waals surface area contributed by atoms with Crippen LogP contribution in [0, 0.1) is 0 Å². The van der Waals surface area contributed by atoms with Crippen LogP contribution in [0.15, 0.2) is 41.4 Å². The fraction of sp³-hybridized carbons (Fsp3) is 0.375. The molecular weight excluding hydrogens is 328 g/mol. The molecule has 1 aromatic carbocycles. The average molecular weight is 348 g/mol. The number of amides is 1. The Kier molecular flexibility index (Phi) is 4.79. The van der Waals surface area contributed by atoms with Crippen LogP contribution < -0.4 is 5.32 Å². The first-order valence-corrected chi connectivity index (χ1v) is 9.23. The Balaban J connectivity index is 1.85. The van der Waals surface area contributed by atoms with E-state index in [1.165, 1.54) is 7.05 Å². The van der Waals surface area contributed by atoms with E-state index in [2.05, 4.69) is 10.3 Å². The summed E-state index contributed by atoms with van der Waals surface area (Å²) in [7, 11) is -2.33. The molecule has 1 saturated heterocycles. The van der Waals surface area contributed by atoms with Gasteiger partial charge in [0.2, 0.25) is 15.9 Å². The van der Waals surface area contributed by atoms with Gasteiger partial charge in [-0.1, -0.05) is 6.07 Å². The average Bonchev–Trinajstić information content (AvgIpc) is 2.61. The van der Waals surface area contributed by atoms with Crippen molar-refractivity contribution in [2.75, 3.05) is 39.8 Å². The van der Waals surface area contributed by atoms with E-state index >= 15 is 0 Å². The van der Waals surface area contributed by atoms with Crippen molar-refractivity contribution in [2.45, 2.75) is 4.90 Å². The molecule has 1 aromatic heterocycles. The molecule has 1 aliphatic rings. The number of hydrogen-bond acceptors (Lipinski definition) is 5. The van der Waals surface area contributed by atoms with Gasteiger partial charge in [-0.3, -0.25) is 9.78 Å². The van der Waals surface area contributed by atoms with E-state index in [4.69, 9.17) is 0 Å². The van der Waals surface area contributed by atoms with Gasteiger partial charge in [0, 0.05) is 44.8 Å². The Morgan fingerprint density at radius 3 is 2.75 bits per heavy atom. The minimum Gasteiger partial charge on any atom is -0.339 e. The minimum absolute atomic E-state index is 0.168. The maximum atomic E-state index is 12.9. The minimum atomic E-state index is -3.77. The summed E-state index contributed by atoms with van der Waals surface area (Å²) in [5.41, 5.74) is 0.611. The maximum absolute atomic E-state index is 12.9. The van der Waals surface area contributed by atoms with Crippen LogP contribution in [-0.4, -0.2) is 68.3 Å². The quantitative estimate of drug-likeness (QED) is 0.859. The highest BCUT2D eigenvalue weighted by Crippen LogP contribution is 2.23. The van der Waals surface area contributed by atoms with E-state index in [9.17, 15) is 13.2 Å². The zero-order valence-electron chi connectivity index (χ0n) is 13.5. The summed E-state index contributed by atoms with van der Waals surface area (Å²) in [6.07, 6.45) is 1.62. The number of rotatable bonds is 4. The van der Waals surface area contributed by atoms with Gasteiger partial charge in [0.1, 0.15) is 0 Å². The van der Waals surface area contributed by atoms with Crippen LogP contribution in [0.2, 0.25) is 0 Å². The van der Waals surface area contributed by atoms with Crippen molar-refractivity contribution in [3.05, 3.63) is 36.5 Å². The van der Waals surface area contributed by atoms with Crippen molar-refractivity contribution in [1.82, 2.24) is 19.5 Å². The Labute approximate surface area is 141 Å². The number of aromatic nitrogens is 1. The van der Waals surface area contributed by atoms with Gasteiger partial charge >= 0.3 is 0 Å². The normalized spacial score (nSPS) is 15.8. The number of nitrogens with zero attached hydrogens (tertiary/aromatic N) is 3. The molecule has 24 heavy (non-hydrogen) atoms. The number of carbonyl (C=O) groups is 1. The summed E-state index contributed by atoms with van der Waals surface area (Å²) >= 11 is 0. The topological polar surface area (TPSA) is 82.6 Å². The molecule has 2 aromatic rings. The molecule has 8 heteroatoms. The highest BCUT2D eigenvalue weighted by atomic mass is 32.2. The lowest BCUT2D eigenvalue weighted by atomic mass is 10.2. The molecule has 1 aliphatic heterocycles. The van der Waals surface area contributed by atoms with Crippen molar-refractivity contribution in [1.29, 1.82) is 0 Å². The fourth-order valence-corrected chi connectivity index (χ4v) is 4.07. The maximum Gasteiger partial charge on any atom is 0.243 e. The zero-order chi connectivity index (χ0) is 17.2. The van der Waals surface area contributed by atoms with Gasteiger partial charge in [-0.2, -0.15) is 4.31 Å².